The highest BCUT2D eigenvalue weighted by atomic mass is 127. The summed E-state index contributed by atoms with van der Waals surface area (Å²) in [5.41, 5.74) is 0. The second kappa shape index (κ2) is 4.22. The van der Waals surface area contributed by atoms with Gasteiger partial charge in [0.25, 0.3) is 0 Å². The molecule has 0 aliphatic heterocycles. The van der Waals surface area contributed by atoms with Crippen molar-refractivity contribution in [3.8, 4) is 0 Å². The SMILES string of the molecule is CCC(I)(OC(C)=O)C1CC2CCC1C2. The summed E-state index contributed by atoms with van der Waals surface area (Å²) >= 11 is 2.37. The number of carbonyl (C=O) groups is 1. The first-order valence-corrected chi connectivity index (χ1v) is 7.01. The predicted molar refractivity (Wildman–Crippen MR) is 67.7 cm³/mol. The molecule has 2 aliphatic rings. The summed E-state index contributed by atoms with van der Waals surface area (Å²) in [6, 6.07) is 0. The van der Waals surface area contributed by atoms with E-state index in [9.17, 15) is 4.79 Å². The van der Waals surface area contributed by atoms with Crippen LogP contribution in [0, 0.1) is 17.8 Å². The predicted octanol–water partition coefficient (Wildman–Crippen LogP) is 3.53. The number of hydrogen-bond donors (Lipinski definition) is 0. The summed E-state index contributed by atoms with van der Waals surface area (Å²) in [5, 5.41) is 0. The smallest absolute Gasteiger partial charge is 0.303 e. The first-order chi connectivity index (χ1) is 7.05. The van der Waals surface area contributed by atoms with Crippen LogP contribution in [0.4, 0.5) is 0 Å². The summed E-state index contributed by atoms with van der Waals surface area (Å²) in [7, 11) is 0. The number of fused-ring (bicyclic) bond motifs is 2. The number of esters is 1. The molecule has 0 aromatic rings. The van der Waals surface area contributed by atoms with Crippen LogP contribution in [0.15, 0.2) is 0 Å². The van der Waals surface area contributed by atoms with Crippen LogP contribution in [-0.2, 0) is 9.53 Å². The lowest BCUT2D eigenvalue weighted by atomic mass is 9.83. The van der Waals surface area contributed by atoms with Gasteiger partial charge in [-0.2, -0.15) is 0 Å². The molecule has 2 rings (SSSR count). The Kier molecular flexibility index (Phi) is 3.29. The summed E-state index contributed by atoms with van der Waals surface area (Å²) in [5.74, 6) is 2.20. The van der Waals surface area contributed by atoms with E-state index in [1.165, 1.54) is 32.6 Å². The molecule has 2 nitrogen and oxygen atoms in total. The molecular weight excluding hydrogens is 303 g/mol. The van der Waals surface area contributed by atoms with Gasteiger partial charge in [0.05, 0.1) is 0 Å². The highest BCUT2D eigenvalue weighted by Gasteiger charge is 2.50. The van der Waals surface area contributed by atoms with Gasteiger partial charge in [0.15, 0.2) is 3.61 Å². The number of carbonyl (C=O) groups excluding carboxylic acids is 1. The van der Waals surface area contributed by atoms with Crippen molar-refractivity contribution in [2.24, 2.45) is 17.8 Å². The average molecular weight is 322 g/mol. The van der Waals surface area contributed by atoms with Crippen LogP contribution < -0.4 is 0 Å². The van der Waals surface area contributed by atoms with Gasteiger partial charge in [0.1, 0.15) is 0 Å². The molecule has 2 bridgehead atoms. The first kappa shape index (κ1) is 11.7. The Morgan fingerprint density at radius 1 is 1.47 bits per heavy atom. The molecule has 2 fully saturated rings. The molecule has 0 aromatic heterocycles. The third-order valence-corrected chi connectivity index (χ3v) is 5.87. The first-order valence-electron chi connectivity index (χ1n) is 5.93. The minimum absolute atomic E-state index is 0.131. The molecule has 0 radical (unpaired) electrons. The topological polar surface area (TPSA) is 26.3 Å². The van der Waals surface area contributed by atoms with Gasteiger partial charge in [-0.3, -0.25) is 4.79 Å². The highest BCUT2D eigenvalue weighted by Crippen LogP contribution is 2.55. The van der Waals surface area contributed by atoms with E-state index in [1.807, 2.05) is 0 Å². The minimum Gasteiger partial charge on any atom is -0.448 e. The van der Waals surface area contributed by atoms with Crippen LogP contribution in [0.2, 0.25) is 0 Å². The van der Waals surface area contributed by atoms with E-state index in [0.29, 0.717) is 5.92 Å². The summed E-state index contributed by atoms with van der Waals surface area (Å²) in [6.07, 6.45) is 6.32. The van der Waals surface area contributed by atoms with Gasteiger partial charge < -0.3 is 4.74 Å². The monoisotopic (exact) mass is 322 g/mol. The van der Waals surface area contributed by atoms with E-state index in [4.69, 9.17) is 4.74 Å². The Balaban J connectivity index is 2.09. The van der Waals surface area contributed by atoms with E-state index >= 15 is 0 Å². The fourth-order valence-electron chi connectivity index (χ4n) is 3.42. The fraction of sp³-hybridized carbons (Fsp3) is 0.917. The lowest BCUT2D eigenvalue weighted by Gasteiger charge is -2.37. The van der Waals surface area contributed by atoms with Crippen LogP contribution in [0.3, 0.4) is 0 Å². The van der Waals surface area contributed by atoms with E-state index in [0.717, 1.165) is 18.3 Å². The number of ether oxygens (including phenoxy) is 1. The van der Waals surface area contributed by atoms with Gasteiger partial charge in [-0.25, -0.2) is 0 Å². The molecule has 3 heteroatoms. The summed E-state index contributed by atoms with van der Waals surface area (Å²) in [4.78, 5) is 11.2. The number of halogens is 1. The third-order valence-electron chi connectivity index (χ3n) is 4.09. The molecule has 0 heterocycles. The molecule has 0 saturated heterocycles. The van der Waals surface area contributed by atoms with Crippen LogP contribution >= 0.6 is 22.6 Å². The molecule has 0 aromatic carbocycles. The molecule has 86 valence electrons. The van der Waals surface area contributed by atoms with E-state index < -0.39 is 0 Å². The van der Waals surface area contributed by atoms with Crippen molar-refractivity contribution in [1.29, 1.82) is 0 Å². The maximum atomic E-state index is 11.2. The lowest BCUT2D eigenvalue weighted by Crippen LogP contribution is -2.38. The van der Waals surface area contributed by atoms with Crippen molar-refractivity contribution in [2.75, 3.05) is 0 Å². The maximum Gasteiger partial charge on any atom is 0.303 e. The van der Waals surface area contributed by atoms with Gasteiger partial charge in [0.2, 0.25) is 0 Å². The van der Waals surface area contributed by atoms with Gasteiger partial charge >= 0.3 is 5.97 Å². The van der Waals surface area contributed by atoms with Crippen molar-refractivity contribution in [3.05, 3.63) is 0 Å². The standard InChI is InChI=1S/C12H19IO2/c1-3-12(13,15-8(2)14)11-7-9-4-5-10(11)6-9/h9-11H,3-7H2,1-2H3. The van der Waals surface area contributed by atoms with Crippen molar-refractivity contribution < 1.29 is 9.53 Å². The van der Waals surface area contributed by atoms with E-state index in [1.54, 1.807) is 0 Å². The number of rotatable bonds is 3. The van der Waals surface area contributed by atoms with E-state index in [2.05, 4.69) is 29.5 Å². The van der Waals surface area contributed by atoms with Gasteiger partial charge in [-0.15, -0.1) is 0 Å². The van der Waals surface area contributed by atoms with Crippen molar-refractivity contribution in [1.82, 2.24) is 0 Å². The Labute approximate surface area is 105 Å². The number of hydrogen-bond acceptors (Lipinski definition) is 2. The van der Waals surface area contributed by atoms with Crippen LogP contribution in [0.25, 0.3) is 0 Å². The molecule has 2 aliphatic carbocycles. The highest BCUT2D eigenvalue weighted by molar-refractivity contribution is 14.1. The van der Waals surface area contributed by atoms with Crippen molar-refractivity contribution in [3.63, 3.8) is 0 Å². The lowest BCUT2D eigenvalue weighted by molar-refractivity contribution is -0.152. The van der Waals surface area contributed by atoms with Crippen LogP contribution in [0.1, 0.15) is 46.0 Å². The Hall–Kier alpha value is 0.200. The fourth-order valence-corrected chi connectivity index (χ4v) is 4.49. The average Bonchev–Trinajstić information content (AvgIpc) is 2.77. The van der Waals surface area contributed by atoms with Crippen molar-refractivity contribution in [2.45, 2.75) is 49.6 Å². The summed E-state index contributed by atoms with van der Waals surface area (Å²) in [6.45, 7) is 3.65. The van der Waals surface area contributed by atoms with Gasteiger partial charge in [-0.05, 0) is 60.1 Å². The molecule has 4 atom stereocenters. The Bertz CT molecular complexity index is 266. The largest absolute Gasteiger partial charge is 0.448 e. The third kappa shape index (κ3) is 2.17. The van der Waals surface area contributed by atoms with Crippen molar-refractivity contribution >= 4 is 28.6 Å². The molecule has 0 amide bonds. The van der Waals surface area contributed by atoms with Gasteiger partial charge in [-0.1, -0.05) is 13.3 Å². The molecular formula is C12H19IO2. The van der Waals surface area contributed by atoms with Crippen LogP contribution in [0.5, 0.6) is 0 Å². The molecule has 0 spiro atoms. The van der Waals surface area contributed by atoms with Crippen LogP contribution in [-0.4, -0.2) is 9.58 Å². The van der Waals surface area contributed by atoms with Gasteiger partial charge in [0, 0.05) is 12.8 Å². The zero-order chi connectivity index (χ0) is 11.1. The van der Waals surface area contributed by atoms with E-state index in [-0.39, 0.29) is 9.58 Å². The zero-order valence-electron chi connectivity index (χ0n) is 9.46. The zero-order valence-corrected chi connectivity index (χ0v) is 11.6. The maximum absolute atomic E-state index is 11.2. The quantitative estimate of drug-likeness (QED) is 0.451. The minimum atomic E-state index is -0.233. The summed E-state index contributed by atoms with van der Waals surface area (Å²) < 4.78 is 5.34. The second-order valence-corrected chi connectivity index (χ2v) is 6.84. The molecule has 4 unspecified atom stereocenters. The molecule has 2 saturated carbocycles. The second-order valence-electron chi connectivity index (χ2n) is 5.01. The molecule has 15 heavy (non-hydrogen) atoms. The Morgan fingerprint density at radius 3 is 2.60 bits per heavy atom. The normalized spacial score (nSPS) is 37.7. The Morgan fingerprint density at radius 2 is 2.20 bits per heavy atom. The molecule has 0 N–H and O–H groups in total. The number of alkyl halides is 1.